The van der Waals surface area contributed by atoms with Gasteiger partial charge >= 0.3 is 0 Å². The van der Waals surface area contributed by atoms with E-state index in [0.717, 1.165) is 5.56 Å². The van der Waals surface area contributed by atoms with Crippen LogP contribution in [0, 0.1) is 0 Å². The van der Waals surface area contributed by atoms with Crippen LogP contribution in [0.15, 0.2) is 11.2 Å². The Balaban J connectivity index is 1.45. The molecule has 5 rings (SSSR count). The number of halogens is 1. The molecule has 0 unspecified atom stereocenters. The summed E-state index contributed by atoms with van der Waals surface area (Å²) in [7, 11) is 6.19. The van der Waals surface area contributed by atoms with Gasteiger partial charge in [-0.15, -0.1) is 0 Å². The van der Waals surface area contributed by atoms with Crippen molar-refractivity contribution in [1.29, 1.82) is 0 Å². The molecule has 11 heteroatoms. The molecule has 33 heavy (non-hydrogen) atoms. The van der Waals surface area contributed by atoms with Crippen molar-refractivity contribution >= 4 is 17.3 Å². The van der Waals surface area contributed by atoms with E-state index in [4.69, 9.17) is 54.3 Å². The monoisotopic (exact) mass is 479 g/mol. The van der Waals surface area contributed by atoms with E-state index >= 15 is 0 Å². The summed E-state index contributed by atoms with van der Waals surface area (Å²) in [6.45, 7) is 0.137. The number of oxime groups is 1. The topological polar surface area (TPSA) is 95.4 Å². The minimum Gasteiger partial charge on any atom is -0.493 e. The molecule has 2 aromatic rings. The van der Waals surface area contributed by atoms with Crippen LogP contribution < -0.4 is 37.9 Å². The number of ether oxygens (including phenoxy) is 8. The minimum absolute atomic E-state index is 0.0371. The highest BCUT2D eigenvalue weighted by Gasteiger charge is 2.36. The largest absolute Gasteiger partial charge is 0.493 e. The predicted molar refractivity (Wildman–Crippen MR) is 116 cm³/mol. The van der Waals surface area contributed by atoms with Crippen molar-refractivity contribution in [2.24, 2.45) is 5.16 Å². The zero-order chi connectivity index (χ0) is 23.1. The molecule has 0 N–H and O–H groups in total. The molecule has 0 fully saturated rings. The minimum atomic E-state index is -0.295. The van der Waals surface area contributed by atoms with Crippen LogP contribution in [-0.4, -0.2) is 53.8 Å². The van der Waals surface area contributed by atoms with Crippen LogP contribution in [0.3, 0.4) is 0 Å². The second-order valence-corrected chi connectivity index (χ2v) is 7.71. The molecular formula is C22H22ClNO9. The Morgan fingerprint density at radius 2 is 1.48 bits per heavy atom. The van der Waals surface area contributed by atoms with Crippen molar-refractivity contribution in [1.82, 2.24) is 0 Å². The highest BCUT2D eigenvalue weighted by Crippen LogP contribution is 2.55. The molecule has 0 aromatic heterocycles. The third-order valence-electron chi connectivity index (χ3n) is 5.61. The van der Waals surface area contributed by atoms with Crippen LogP contribution >= 0.6 is 11.6 Å². The maximum Gasteiger partial charge on any atom is 0.231 e. The Kier molecular flexibility index (Phi) is 5.53. The lowest BCUT2D eigenvalue weighted by atomic mass is 9.97. The Bertz CT molecular complexity index is 1130. The zero-order valence-electron chi connectivity index (χ0n) is 18.5. The molecular weight excluding hydrogens is 458 g/mol. The Morgan fingerprint density at radius 1 is 0.848 bits per heavy atom. The molecule has 0 spiro atoms. The summed E-state index contributed by atoms with van der Waals surface area (Å²) in [5.41, 5.74) is 1.98. The van der Waals surface area contributed by atoms with Gasteiger partial charge in [0, 0.05) is 18.4 Å². The van der Waals surface area contributed by atoms with Gasteiger partial charge in [-0.05, 0) is 6.07 Å². The maximum atomic E-state index is 6.66. The number of hydrogen-bond acceptors (Lipinski definition) is 10. The molecule has 2 aromatic carbocycles. The van der Waals surface area contributed by atoms with Gasteiger partial charge in [0.1, 0.15) is 6.10 Å². The predicted octanol–water partition coefficient (Wildman–Crippen LogP) is 3.57. The lowest BCUT2D eigenvalue weighted by molar-refractivity contribution is 0.0853. The van der Waals surface area contributed by atoms with Crippen LogP contribution in [-0.2, 0) is 11.3 Å². The quantitative estimate of drug-likeness (QED) is 0.590. The van der Waals surface area contributed by atoms with Crippen molar-refractivity contribution < 1.29 is 42.7 Å². The van der Waals surface area contributed by atoms with Crippen LogP contribution in [0.5, 0.6) is 46.0 Å². The van der Waals surface area contributed by atoms with Gasteiger partial charge in [0.2, 0.25) is 36.6 Å². The average molecular weight is 480 g/mol. The summed E-state index contributed by atoms with van der Waals surface area (Å²) in [6.07, 6.45) is 0.639. The van der Waals surface area contributed by atoms with E-state index in [1.165, 1.54) is 14.2 Å². The number of fused-ring (bicyclic) bond motifs is 2. The molecule has 0 aliphatic carbocycles. The normalized spacial score (nSPS) is 17.5. The van der Waals surface area contributed by atoms with Gasteiger partial charge in [0.15, 0.2) is 23.0 Å². The van der Waals surface area contributed by atoms with Gasteiger partial charge in [-0.1, -0.05) is 16.8 Å². The molecule has 0 saturated heterocycles. The summed E-state index contributed by atoms with van der Waals surface area (Å²) >= 11 is 6.66. The first-order chi connectivity index (χ1) is 16.1. The SMILES string of the molecule is COc1cc(C[C@@H]2CC(c3c(Cl)c4c(c(OC)c3OC)OCO4)=NO2)c(OC)c2c1OCO2. The molecule has 0 radical (unpaired) electrons. The van der Waals surface area contributed by atoms with Crippen LogP contribution in [0.25, 0.3) is 0 Å². The first kappa shape index (κ1) is 21.4. The summed E-state index contributed by atoms with van der Waals surface area (Å²) in [5.74, 6) is 3.73. The number of rotatable bonds is 7. The first-order valence-corrected chi connectivity index (χ1v) is 10.5. The van der Waals surface area contributed by atoms with Gasteiger partial charge < -0.3 is 42.7 Å². The van der Waals surface area contributed by atoms with Crippen LogP contribution in [0.2, 0.25) is 5.02 Å². The fraction of sp³-hybridized carbons (Fsp3) is 0.409. The van der Waals surface area contributed by atoms with Gasteiger partial charge in [0.25, 0.3) is 0 Å². The lowest BCUT2D eigenvalue weighted by Crippen LogP contribution is -2.14. The lowest BCUT2D eigenvalue weighted by Gasteiger charge is -2.17. The fourth-order valence-electron chi connectivity index (χ4n) is 4.20. The van der Waals surface area contributed by atoms with E-state index in [1.807, 2.05) is 6.07 Å². The third-order valence-corrected chi connectivity index (χ3v) is 5.97. The second kappa shape index (κ2) is 8.51. The number of nitrogens with zero attached hydrogens (tertiary/aromatic N) is 1. The molecule has 3 heterocycles. The first-order valence-electron chi connectivity index (χ1n) is 10.1. The van der Waals surface area contributed by atoms with Crippen molar-refractivity contribution in [3.05, 3.63) is 22.2 Å². The molecule has 3 aliphatic heterocycles. The van der Waals surface area contributed by atoms with E-state index in [2.05, 4.69) is 5.16 Å². The van der Waals surface area contributed by atoms with E-state index in [9.17, 15) is 0 Å². The molecule has 1 atom stereocenters. The van der Waals surface area contributed by atoms with E-state index < -0.39 is 0 Å². The Labute approximate surface area is 194 Å². The van der Waals surface area contributed by atoms with E-state index in [1.54, 1.807) is 14.2 Å². The van der Waals surface area contributed by atoms with Crippen molar-refractivity contribution in [3.63, 3.8) is 0 Å². The van der Waals surface area contributed by atoms with Gasteiger partial charge in [-0.3, -0.25) is 0 Å². The highest BCUT2D eigenvalue weighted by molar-refractivity contribution is 6.36. The number of methoxy groups -OCH3 is 4. The van der Waals surface area contributed by atoms with Gasteiger partial charge in [-0.2, -0.15) is 0 Å². The molecule has 10 nitrogen and oxygen atoms in total. The molecule has 3 aliphatic rings. The van der Waals surface area contributed by atoms with Gasteiger partial charge in [-0.25, -0.2) is 0 Å². The fourth-order valence-corrected chi connectivity index (χ4v) is 4.54. The number of hydrogen-bond donors (Lipinski definition) is 0. The smallest absolute Gasteiger partial charge is 0.231 e. The summed E-state index contributed by atoms with van der Waals surface area (Å²) in [6, 6.07) is 1.85. The highest BCUT2D eigenvalue weighted by atomic mass is 35.5. The Hall–Kier alpha value is -3.40. The summed E-state index contributed by atoms with van der Waals surface area (Å²) < 4.78 is 44.4. The molecule has 0 amide bonds. The van der Waals surface area contributed by atoms with Crippen LogP contribution in [0.1, 0.15) is 17.5 Å². The second-order valence-electron chi connectivity index (χ2n) is 7.33. The average Bonchev–Trinajstić information content (AvgIpc) is 3.59. The van der Waals surface area contributed by atoms with E-state index in [-0.39, 0.29) is 19.7 Å². The maximum absolute atomic E-state index is 6.66. The van der Waals surface area contributed by atoms with Crippen LogP contribution in [0.4, 0.5) is 0 Å². The standard InChI is InChI=1S/C22H22ClNO9/c1-25-13-6-10(16(26-2)21-17(13)29-8-31-21)5-11-7-12(24-33-11)14-15(23)19-22(32-9-30-19)20(28-4)18(14)27-3/h6,11H,5,7-9H2,1-4H3/t11-/m1/s1. The number of benzene rings is 2. The van der Waals surface area contributed by atoms with Crippen molar-refractivity contribution in [2.75, 3.05) is 42.0 Å². The Morgan fingerprint density at radius 3 is 2.15 bits per heavy atom. The summed E-state index contributed by atoms with van der Waals surface area (Å²) in [5, 5.41) is 4.62. The van der Waals surface area contributed by atoms with Crippen molar-refractivity contribution in [3.8, 4) is 46.0 Å². The van der Waals surface area contributed by atoms with Crippen molar-refractivity contribution in [2.45, 2.75) is 18.9 Å². The summed E-state index contributed by atoms with van der Waals surface area (Å²) in [4.78, 5) is 5.76. The zero-order valence-corrected chi connectivity index (χ0v) is 19.2. The van der Waals surface area contributed by atoms with E-state index in [0.29, 0.717) is 75.1 Å². The molecule has 0 saturated carbocycles. The molecule has 0 bridgehead atoms. The third kappa shape index (κ3) is 3.36. The van der Waals surface area contributed by atoms with Gasteiger partial charge in [0.05, 0.1) is 44.7 Å². The molecule has 176 valence electrons.